The minimum Gasteiger partial charge on any atom is -0.493 e. The number of methoxy groups -OCH3 is 2. The fourth-order valence-corrected chi connectivity index (χ4v) is 1.84. The van der Waals surface area contributed by atoms with Gasteiger partial charge in [-0.2, -0.15) is 0 Å². The van der Waals surface area contributed by atoms with Gasteiger partial charge in [0.1, 0.15) is 5.82 Å². The fourth-order valence-electron chi connectivity index (χ4n) is 1.84. The molecule has 1 heterocycles. The molecule has 0 unspecified atom stereocenters. The van der Waals surface area contributed by atoms with Gasteiger partial charge in [0, 0.05) is 12.1 Å². The summed E-state index contributed by atoms with van der Waals surface area (Å²) in [4.78, 5) is 8.76. The van der Waals surface area contributed by atoms with Gasteiger partial charge in [-0.3, -0.25) is 4.98 Å². The van der Waals surface area contributed by atoms with Crippen LogP contribution in [0.4, 0.5) is 5.82 Å². The molecule has 1 aromatic heterocycles. The van der Waals surface area contributed by atoms with Crippen molar-refractivity contribution < 1.29 is 9.47 Å². The molecule has 0 atom stereocenters. The van der Waals surface area contributed by atoms with E-state index < -0.39 is 0 Å². The van der Waals surface area contributed by atoms with Crippen molar-refractivity contribution >= 4 is 5.82 Å². The molecule has 0 fully saturated rings. The zero-order chi connectivity index (χ0) is 14.4. The third-order valence-corrected chi connectivity index (χ3v) is 2.87. The van der Waals surface area contributed by atoms with Crippen LogP contribution in [-0.2, 0) is 0 Å². The molecule has 2 aromatic rings. The molecule has 5 heteroatoms. The van der Waals surface area contributed by atoms with Gasteiger partial charge in [-0.1, -0.05) is 6.92 Å². The van der Waals surface area contributed by atoms with Gasteiger partial charge in [0.2, 0.25) is 0 Å². The molecule has 0 saturated carbocycles. The zero-order valence-electron chi connectivity index (χ0n) is 12.0. The van der Waals surface area contributed by atoms with Gasteiger partial charge >= 0.3 is 0 Å². The van der Waals surface area contributed by atoms with E-state index in [1.54, 1.807) is 26.6 Å². The first kappa shape index (κ1) is 14.1. The number of nitrogens with zero attached hydrogens (tertiary/aromatic N) is 2. The number of benzene rings is 1. The van der Waals surface area contributed by atoms with E-state index in [1.165, 1.54) is 0 Å². The molecule has 0 aliphatic carbocycles. The van der Waals surface area contributed by atoms with Crippen LogP contribution in [-0.4, -0.2) is 30.7 Å². The lowest BCUT2D eigenvalue weighted by molar-refractivity contribution is 0.355. The summed E-state index contributed by atoms with van der Waals surface area (Å²) >= 11 is 0. The molecule has 0 aliphatic rings. The Bertz CT molecular complexity index is 573. The molecule has 0 spiro atoms. The van der Waals surface area contributed by atoms with Crippen molar-refractivity contribution in [3.63, 3.8) is 0 Å². The Labute approximate surface area is 119 Å². The first-order valence-electron chi connectivity index (χ1n) is 6.56. The highest BCUT2D eigenvalue weighted by Gasteiger charge is 2.08. The fraction of sp³-hybridized carbons (Fsp3) is 0.333. The van der Waals surface area contributed by atoms with Crippen molar-refractivity contribution in [2.45, 2.75) is 13.3 Å². The number of hydrogen-bond acceptors (Lipinski definition) is 5. The van der Waals surface area contributed by atoms with Gasteiger partial charge in [-0.15, -0.1) is 0 Å². The molecule has 0 amide bonds. The van der Waals surface area contributed by atoms with E-state index in [9.17, 15) is 0 Å². The van der Waals surface area contributed by atoms with E-state index in [1.807, 2.05) is 18.2 Å². The highest BCUT2D eigenvalue weighted by atomic mass is 16.5. The number of ether oxygens (including phenoxy) is 2. The number of anilines is 1. The molecule has 0 saturated heterocycles. The lowest BCUT2D eigenvalue weighted by Crippen LogP contribution is -2.03. The maximum absolute atomic E-state index is 5.30. The van der Waals surface area contributed by atoms with Gasteiger partial charge in [0.15, 0.2) is 11.5 Å². The molecular formula is C15H19N3O2. The van der Waals surface area contributed by atoms with Crippen LogP contribution in [0.1, 0.15) is 13.3 Å². The van der Waals surface area contributed by atoms with Crippen LogP contribution in [0.15, 0.2) is 30.6 Å². The summed E-state index contributed by atoms with van der Waals surface area (Å²) in [5.41, 5.74) is 1.74. The second-order valence-corrected chi connectivity index (χ2v) is 4.29. The van der Waals surface area contributed by atoms with Gasteiger partial charge in [-0.25, -0.2) is 4.98 Å². The van der Waals surface area contributed by atoms with E-state index in [-0.39, 0.29) is 0 Å². The van der Waals surface area contributed by atoms with Gasteiger partial charge in [-0.05, 0) is 24.6 Å². The quantitative estimate of drug-likeness (QED) is 0.876. The van der Waals surface area contributed by atoms with Crippen molar-refractivity contribution in [2.75, 3.05) is 26.1 Å². The second kappa shape index (κ2) is 6.75. The Morgan fingerprint density at radius 3 is 2.60 bits per heavy atom. The Balaban J connectivity index is 2.31. The molecule has 20 heavy (non-hydrogen) atoms. The lowest BCUT2D eigenvalue weighted by atomic mass is 10.1. The number of hydrogen-bond donors (Lipinski definition) is 1. The maximum atomic E-state index is 5.30. The average Bonchev–Trinajstić information content (AvgIpc) is 2.52. The van der Waals surface area contributed by atoms with Crippen LogP contribution in [0, 0.1) is 0 Å². The molecule has 1 N–H and O–H groups in total. The first-order chi connectivity index (χ1) is 9.78. The number of rotatable bonds is 6. The molecule has 0 bridgehead atoms. The van der Waals surface area contributed by atoms with Crippen molar-refractivity contribution in [3.05, 3.63) is 30.6 Å². The molecular weight excluding hydrogens is 254 g/mol. The summed E-state index contributed by atoms with van der Waals surface area (Å²) in [5.74, 6) is 2.15. The summed E-state index contributed by atoms with van der Waals surface area (Å²) in [6, 6.07) is 5.70. The third-order valence-electron chi connectivity index (χ3n) is 2.87. The average molecular weight is 273 g/mol. The Kier molecular flexibility index (Phi) is 4.76. The highest BCUT2D eigenvalue weighted by molar-refractivity contribution is 5.64. The molecule has 1 aromatic carbocycles. The number of aromatic nitrogens is 2. The summed E-state index contributed by atoms with van der Waals surface area (Å²) in [5, 5.41) is 3.23. The predicted octanol–water partition coefficient (Wildman–Crippen LogP) is 2.98. The van der Waals surface area contributed by atoms with Crippen LogP contribution in [0.2, 0.25) is 0 Å². The summed E-state index contributed by atoms with van der Waals surface area (Å²) < 4.78 is 10.5. The van der Waals surface area contributed by atoms with Crippen LogP contribution >= 0.6 is 0 Å². The van der Waals surface area contributed by atoms with Crippen molar-refractivity contribution in [2.24, 2.45) is 0 Å². The van der Waals surface area contributed by atoms with Crippen LogP contribution in [0.5, 0.6) is 11.5 Å². The van der Waals surface area contributed by atoms with E-state index in [4.69, 9.17) is 9.47 Å². The molecule has 0 aliphatic heterocycles. The Morgan fingerprint density at radius 2 is 1.90 bits per heavy atom. The highest BCUT2D eigenvalue weighted by Crippen LogP contribution is 2.31. The van der Waals surface area contributed by atoms with Gasteiger partial charge in [0.05, 0.1) is 32.3 Å². The normalized spacial score (nSPS) is 10.2. The van der Waals surface area contributed by atoms with E-state index in [0.29, 0.717) is 11.5 Å². The minimum absolute atomic E-state index is 0.679. The summed E-state index contributed by atoms with van der Waals surface area (Å²) in [6.45, 7) is 2.99. The van der Waals surface area contributed by atoms with Gasteiger partial charge < -0.3 is 14.8 Å². The largest absolute Gasteiger partial charge is 0.493 e. The molecule has 2 rings (SSSR count). The molecule has 0 radical (unpaired) electrons. The topological polar surface area (TPSA) is 56.3 Å². The van der Waals surface area contributed by atoms with Crippen LogP contribution in [0.3, 0.4) is 0 Å². The van der Waals surface area contributed by atoms with E-state index in [0.717, 1.165) is 30.0 Å². The van der Waals surface area contributed by atoms with Crippen LogP contribution in [0.25, 0.3) is 11.3 Å². The van der Waals surface area contributed by atoms with Crippen molar-refractivity contribution in [3.8, 4) is 22.8 Å². The summed E-state index contributed by atoms with van der Waals surface area (Å²) in [7, 11) is 3.24. The minimum atomic E-state index is 0.679. The Morgan fingerprint density at radius 1 is 1.10 bits per heavy atom. The maximum Gasteiger partial charge on any atom is 0.161 e. The predicted molar refractivity (Wildman–Crippen MR) is 79.4 cm³/mol. The van der Waals surface area contributed by atoms with Crippen molar-refractivity contribution in [1.82, 2.24) is 9.97 Å². The summed E-state index contributed by atoms with van der Waals surface area (Å²) in [6.07, 6.45) is 4.50. The van der Waals surface area contributed by atoms with Gasteiger partial charge in [0.25, 0.3) is 0 Å². The lowest BCUT2D eigenvalue weighted by Gasteiger charge is -2.10. The second-order valence-electron chi connectivity index (χ2n) is 4.29. The standard InChI is InChI=1S/C15H19N3O2/c1-4-7-17-15-10-16-9-12(18-15)11-5-6-13(19-2)14(8-11)20-3/h5-6,8-10H,4,7H2,1-3H3,(H,17,18). The molecule has 106 valence electrons. The third kappa shape index (κ3) is 3.17. The van der Waals surface area contributed by atoms with E-state index in [2.05, 4.69) is 22.2 Å². The first-order valence-corrected chi connectivity index (χ1v) is 6.56. The molecule has 5 nitrogen and oxygen atoms in total. The van der Waals surface area contributed by atoms with E-state index >= 15 is 0 Å². The SMILES string of the molecule is CCCNc1cncc(-c2ccc(OC)c(OC)c2)n1. The van der Waals surface area contributed by atoms with Crippen LogP contribution < -0.4 is 14.8 Å². The number of nitrogens with one attached hydrogen (secondary N) is 1. The van der Waals surface area contributed by atoms with Crippen molar-refractivity contribution in [1.29, 1.82) is 0 Å². The monoisotopic (exact) mass is 273 g/mol. The zero-order valence-corrected chi connectivity index (χ0v) is 12.0. The smallest absolute Gasteiger partial charge is 0.161 e. The Hall–Kier alpha value is -2.30.